The van der Waals surface area contributed by atoms with Gasteiger partial charge in [0, 0.05) is 24.5 Å². The van der Waals surface area contributed by atoms with E-state index in [0.29, 0.717) is 5.56 Å². The normalized spacial score (nSPS) is 27.9. The molecule has 1 heterocycles. The van der Waals surface area contributed by atoms with Gasteiger partial charge in [0.05, 0.1) is 6.10 Å². The fraction of sp³-hybridized carbons (Fsp3) is 0.480. The lowest BCUT2D eigenvalue weighted by atomic mass is 9.83. The first-order valence-electron chi connectivity index (χ1n) is 11.1. The standard InChI is InChI=1S/C25H31FO8/c1-4-15-5-7-16(8-6-15)9-18-19(10-17(11-20(18)26)12-33-14(3)28)25(32)24(31)22(30)21(29)23(34-25)13(2)27/h5-8,10-11,13,21-24,27,29-32H,4,9,12H2,1-3H3/t13-,21-,22-,23+,24+,25+/m0/s1. The smallest absolute Gasteiger partial charge is 0.302 e. The number of aliphatic hydroxyl groups is 5. The number of hydrogen-bond donors (Lipinski definition) is 5. The minimum atomic E-state index is -2.67. The van der Waals surface area contributed by atoms with E-state index in [1.54, 1.807) is 0 Å². The highest BCUT2D eigenvalue weighted by Crippen LogP contribution is 2.40. The maximum absolute atomic E-state index is 15.4. The Hall–Kier alpha value is -2.40. The van der Waals surface area contributed by atoms with Crippen LogP contribution in [-0.4, -0.2) is 62.0 Å². The van der Waals surface area contributed by atoms with Gasteiger partial charge >= 0.3 is 5.97 Å². The highest BCUT2D eigenvalue weighted by Gasteiger charge is 2.55. The third kappa shape index (κ3) is 5.30. The molecule has 1 aliphatic rings. The molecule has 8 nitrogen and oxygen atoms in total. The summed E-state index contributed by atoms with van der Waals surface area (Å²) in [6.45, 7) is 4.18. The van der Waals surface area contributed by atoms with Crippen molar-refractivity contribution in [2.24, 2.45) is 0 Å². The average molecular weight is 479 g/mol. The Balaban J connectivity index is 2.13. The number of aliphatic hydroxyl groups excluding tert-OH is 4. The number of hydrogen-bond acceptors (Lipinski definition) is 8. The van der Waals surface area contributed by atoms with Crippen molar-refractivity contribution in [3.63, 3.8) is 0 Å². The zero-order chi connectivity index (χ0) is 25.2. The number of aryl methyl sites for hydroxylation is 1. The molecule has 1 aliphatic heterocycles. The lowest BCUT2D eigenvalue weighted by molar-refractivity contribution is -0.364. The quantitative estimate of drug-likeness (QED) is 0.373. The van der Waals surface area contributed by atoms with Crippen LogP contribution in [0.2, 0.25) is 0 Å². The van der Waals surface area contributed by atoms with Gasteiger partial charge < -0.3 is 35.0 Å². The predicted molar refractivity (Wildman–Crippen MR) is 119 cm³/mol. The lowest BCUT2D eigenvalue weighted by Crippen LogP contribution is -2.65. The summed E-state index contributed by atoms with van der Waals surface area (Å²) in [6.07, 6.45) is -7.63. The monoisotopic (exact) mass is 478 g/mol. The zero-order valence-corrected chi connectivity index (χ0v) is 19.3. The second kappa shape index (κ2) is 10.5. The van der Waals surface area contributed by atoms with Crippen molar-refractivity contribution in [2.45, 2.75) is 76.5 Å². The van der Waals surface area contributed by atoms with Crippen LogP contribution in [0.15, 0.2) is 36.4 Å². The molecule has 0 aliphatic carbocycles. The van der Waals surface area contributed by atoms with E-state index >= 15 is 4.39 Å². The van der Waals surface area contributed by atoms with Gasteiger partial charge in [0.15, 0.2) is 0 Å². The molecule has 0 radical (unpaired) electrons. The van der Waals surface area contributed by atoms with Gasteiger partial charge in [-0.05, 0) is 42.2 Å². The van der Waals surface area contributed by atoms with Crippen LogP contribution in [0, 0.1) is 5.82 Å². The molecule has 0 saturated carbocycles. The summed E-state index contributed by atoms with van der Waals surface area (Å²) in [4.78, 5) is 11.2. The van der Waals surface area contributed by atoms with Crippen molar-refractivity contribution in [2.75, 3.05) is 0 Å². The van der Waals surface area contributed by atoms with Gasteiger partial charge in [0.25, 0.3) is 0 Å². The summed E-state index contributed by atoms with van der Waals surface area (Å²) < 4.78 is 25.9. The van der Waals surface area contributed by atoms with E-state index in [1.165, 1.54) is 19.9 Å². The molecule has 0 bridgehead atoms. The summed E-state index contributed by atoms with van der Waals surface area (Å²) in [5.74, 6) is -4.02. The molecule has 6 atom stereocenters. The van der Waals surface area contributed by atoms with E-state index in [-0.39, 0.29) is 29.7 Å². The van der Waals surface area contributed by atoms with E-state index in [1.807, 2.05) is 31.2 Å². The zero-order valence-electron chi connectivity index (χ0n) is 19.3. The van der Waals surface area contributed by atoms with Crippen molar-refractivity contribution in [3.8, 4) is 0 Å². The Morgan fingerprint density at radius 2 is 1.74 bits per heavy atom. The Morgan fingerprint density at radius 3 is 2.29 bits per heavy atom. The minimum absolute atomic E-state index is 0.00932. The van der Waals surface area contributed by atoms with E-state index in [0.717, 1.165) is 18.1 Å². The highest BCUT2D eigenvalue weighted by atomic mass is 19.1. The van der Waals surface area contributed by atoms with E-state index in [9.17, 15) is 30.3 Å². The predicted octanol–water partition coefficient (Wildman–Crippen LogP) is 1.05. The number of esters is 1. The molecule has 1 saturated heterocycles. The maximum atomic E-state index is 15.4. The third-order valence-electron chi connectivity index (χ3n) is 6.10. The number of halogens is 1. The van der Waals surface area contributed by atoms with E-state index < -0.39 is 48.1 Å². The summed E-state index contributed by atoms with van der Waals surface area (Å²) in [7, 11) is 0. The Kier molecular flexibility index (Phi) is 8.07. The molecule has 0 unspecified atom stereocenters. The van der Waals surface area contributed by atoms with E-state index in [2.05, 4.69) is 0 Å². The lowest BCUT2D eigenvalue weighted by Gasteiger charge is -2.47. The van der Waals surface area contributed by atoms with E-state index in [4.69, 9.17) is 9.47 Å². The Bertz CT molecular complexity index is 1010. The van der Waals surface area contributed by atoms with Gasteiger partial charge in [-0.25, -0.2) is 4.39 Å². The highest BCUT2D eigenvalue weighted by molar-refractivity contribution is 5.66. The largest absolute Gasteiger partial charge is 0.461 e. The fourth-order valence-electron chi connectivity index (χ4n) is 4.12. The third-order valence-corrected chi connectivity index (χ3v) is 6.10. The van der Waals surface area contributed by atoms with Crippen molar-refractivity contribution >= 4 is 5.97 Å². The molecule has 186 valence electrons. The van der Waals surface area contributed by atoms with Crippen LogP contribution < -0.4 is 0 Å². The first-order chi connectivity index (χ1) is 16.0. The molecule has 2 aromatic rings. The van der Waals surface area contributed by atoms with Gasteiger partial charge in [-0.3, -0.25) is 4.79 Å². The van der Waals surface area contributed by atoms with Crippen LogP contribution in [0.3, 0.4) is 0 Å². The molecular formula is C25H31FO8. The van der Waals surface area contributed by atoms with Crippen LogP contribution in [0.1, 0.15) is 48.6 Å². The molecule has 34 heavy (non-hydrogen) atoms. The summed E-state index contributed by atoms with van der Waals surface area (Å²) in [5, 5.41) is 52.8. The molecule has 0 aromatic heterocycles. The molecule has 9 heteroatoms. The van der Waals surface area contributed by atoms with Gasteiger partial charge in [-0.15, -0.1) is 0 Å². The molecular weight excluding hydrogens is 447 g/mol. The molecule has 3 rings (SSSR count). The van der Waals surface area contributed by atoms with Crippen LogP contribution >= 0.6 is 0 Å². The van der Waals surface area contributed by atoms with Crippen LogP contribution in [0.5, 0.6) is 0 Å². The summed E-state index contributed by atoms with van der Waals surface area (Å²) >= 11 is 0. The SMILES string of the molecule is CCc1ccc(Cc2c(F)cc(COC(C)=O)cc2[C@@]2(O)O[C@H]([C@H](C)O)[C@@H](O)[C@H](O)[C@H]2O)cc1. The maximum Gasteiger partial charge on any atom is 0.302 e. The molecule has 5 N–H and O–H groups in total. The number of rotatable bonds is 7. The van der Waals surface area contributed by atoms with Gasteiger partial charge in [0.2, 0.25) is 5.79 Å². The van der Waals surface area contributed by atoms with Crippen LogP contribution in [-0.2, 0) is 39.5 Å². The molecule has 1 fully saturated rings. The van der Waals surface area contributed by atoms with Crippen LogP contribution in [0.25, 0.3) is 0 Å². The van der Waals surface area contributed by atoms with Gasteiger partial charge in [-0.1, -0.05) is 31.2 Å². The topological polar surface area (TPSA) is 137 Å². The Labute approximate surface area is 197 Å². The second-order valence-corrected chi connectivity index (χ2v) is 8.68. The average Bonchev–Trinajstić information content (AvgIpc) is 2.80. The van der Waals surface area contributed by atoms with Crippen LogP contribution in [0.4, 0.5) is 4.39 Å². The summed E-state index contributed by atoms with van der Waals surface area (Å²) in [6, 6.07) is 9.88. The van der Waals surface area contributed by atoms with Crippen molar-refractivity contribution < 1.29 is 44.2 Å². The molecule has 2 aromatic carbocycles. The number of benzene rings is 2. The second-order valence-electron chi connectivity index (χ2n) is 8.68. The van der Waals surface area contributed by atoms with Gasteiger partial charge in [0.1, 0.15) is 36.8 Å². The Morgan fingerprint density at radius 1 is 1.12 bits per heavy atom. The summed E-state index contributed by atoms with van der Waals surface area (Å²) in [5.41, 5.74) is 1.74. The van der Waals surface area contributed by atoms with Crippen molar-refractivity contribution in [1.29, 1.82) is 0 Å². The first kappa shape index (κ1) is 26.2. The van der Waals surface area contributed by atoms with Gasteiger partial charge in [-0.2, -0.15) is 0 Å². The first-order valence-corrected chi connectivity index (χ1v) is 11.1. The fourth-order valence-corrected chi connectivity index (χ4v) is 4.12. The molecule has 0 amide bonds. The number of ether oxygens (including phenoxy) is 2. The number of carbonyl (C=O) groups is 1. The number of carbonyl (C=O) groups excluding carboxylic acids is 1. The van der Waals surface area contributed by atoms with Crippen molar-refractivity contribution in [1.82, 2.24) is 0 Å². The van der Waals surface area contributed by atoms with Crippen molar-refractivity contribution in [3.05, 3.63) is 70.0 Å². The molecule has 0 spiro atoms. The minimum Gasteiger partial charge on any atom is -0.461 e.